The molecule has 8 nitrogen and oxygen atoms in total. The van der Waals surface area contributed by atoms with Crippen molar-refractivity contribution in [3.05, 3.63) is 54.5 Å². The van der Waals surface area contributed by atoms with E-state index in [2.05, 4.69) is 24.7 Å². The van der Waals surface area contributed by atoms with Gasteiger partial charge in [0.1, 0.15) is 5.97 Å². The molecule has 0 radical (unpaired) electrons. The largest absolute Gasteiger partial charge is 0.542 e. The van der Waals surface area contributed by atoms with Crippen molar-refractivity contribution >= 4 is 23.2 Å². The van der Waals surface area contributed by atoms with Gasteiger partial charge in [0.2, 0.25) is 5.69 Å². The molecule has 0 aromatic carbocycles. The molecule has 1 saturated carbocycles. The van der Waals surface area contributed by atoms with Gasteiger partial charge in [0, 0.05) is 6.07 Å². The first kappa shape index (κ1) is 19.3. The number of fused-ring (bicyclic) bond motifs is 1. The number of imidazole rings is 1. The maximum atomic E-state index is 12.5. The summed E-state index contributed by atoms with van der Waals surface area (Å²) < 4.78 is 33.6. The van der Waals surface area contributed by atoms with E-state index in [-0.39, 0.29) is 5.91 Å². The van der Waals surface area contributed by atoms with Crippen LogP contribution < -0.4 is 19.8 Å². The second-order valence-electron chi connectivity index (χ2n) is 6.00. The molecule has 0 saturated heterocycles. The van der Waals surface area contributed by atoms with Crippen LogP contribution in [0.15, 0.2) is 43.0 Å². The van der Waals surface area contributed by atoms with Crippen LogP contribution in [-0.4, -0.2) is 28.0 Å². The van der Waals surface area contributed by atoms with Gasteiger partial charge in [0.25, 0.3) is 18.0 Å². The SMILES string of the molecule is O=C(Nc1cc[nH+]cn1)c1[nH]c(C2CC2)[n+]2ccccc12.O=C([O-])C(F)(F)F. The van der Waals surface area contributed by atoms with Crippen LogP contribution in [0.3, 0.4) is 0 Å². The van der Waals surface area contributed by atoms with Gasteiger partial charge >= 0.3 is 12.1 Å². The minimum absolute atomic E-state index is 0.177. The number of amides is 1. The highest BCUT2D eigenvalue weighted by atomic mass is 19.4. The number of halogens is 3. The van der Waals surface area contributed by atoms with E-state index in [9.17, 15) is 18.0 Å². The third kappa shape index (κ3) is 4.42. The Bertz CT molecular complexity index is 1000. The number of carbonyl (C=O) groups excluding carboxylic acids is 2. The summed E-state index contributed by atoms with van der Waals surface area (Å²) in [7, 11) is 0. The van der Waals surface area contributed by atoms with Gasteiger partial charge in [-0.15, -0.1) is 0 Å². The van der Waals surface area contributed by atoms with Crippen molar-refractivity contribution < 1.29 is 37.3 Å². The van der Waals surface area contributed by atoms with Crippen LogP contribution >= 0.6 is 0 Å². The molecule has 1 aliphatic carbocycles. The van der Waals surface area contributed by atoms with Crippen LogP contribution in [0.25, 0.3) is 5.52 Å². The van der Waals surface area contributed by atoms with Crippen molar-refractivity contribution in [2.45, 2.75) is 24.9 Å². The standard InChI is InChI=1S/C15H13N5O.C2HF3O2/c21-15(18-12-6-7-16-9-17-12)13-11-3-1-2-8-20(11)14(19-13)10-4-5-10;3-2(4,5)1(6)7/h1-3,6-10H,4-5H2,(H,16,17,18,21);(H,6,7)/p+1. The Labute approximate surface area is 156 Å². The van der Waals surface area contributed by atoms with Gasteiger partial charge in [-0.3, -0.25) is 15.1 Å². The lowest BCUT2D eigenvalue weighted by Gasteiger charge is -2.03. The van der Waals surface area contributed by atoms with E-state index in [0.717, 1.165) is 11.3 Å². The van der Waals surface area contributed by atoms with Crippen LogP contribution in [0.5, 0.6) is 0 Å². The number of rotatable bonds is 3. The van der Waals surface area contributed by atoms with Gasteiger partial charge in [-0.1, -0.05) is 6.07 Å². The minimum Gasteiger partial charge on any atom is -0.542 e. The third-order valence-corrected chi connectivity index (χ3v) is 3.91. The molecule has 0 unspecified atom stereocenters. The third-order valence-electron chi connectivity index (χ3n) is 3.91. The van der Waals surface area contributed by atoms with Crippen molar-refractivity contribution in [1.29, 1.82) is 0 Å². The summed E-state index contributed by atoms with van der Waals surface area (Å²) in [5.74, 6) is -1.02. The number of carboxylic acids is 1. The zero-order valence-corrected chi connectivity index (χ0v) is 14.3. The molecule has 3 aromatic heterocycles. The lowest BCUT2D eigenvalue weighted by atomic mass is 10.3. The molecule has 3 N–H and O–H groups in total. The van der Waals surface area contributed by atoms with Gasteiger partial charge < -0.3 is 9.90 Å². The molecule has 4 rings (SSSR count). The number of pyridine rings is 1. The van der Waals surface area contributed by atoms with E-state index in [1.54, 1.807) is 12.3 Å². The van der Waals surface area contributed by atoms with Crippen molar-refractivity contribution in [3.8, 4) is 0 Å². The number of anilines is 1. The van der Waals surface area contributed by atoms with Gasteiger partial charge in [-0.05, 0) is 30.0 Å². The first-order valence-electron chi connectivity index (χ1n) is 8.21. The van der Waals surface area contributed by atoms with Crippen molar-refractivity contribution in [2.24, 2.45) is 0 Å². The Morgan fingerprint density at radius 2 is 2.00 bits per heavy atom. The predicted molar refractivity (Wildman–Crippen MR) is 85.7 cm³/mol. The van der Waals surface area contributed by atoms with E-state index in [1.165, 1.54) is 19.2 Å². The number of nitrogens with one attached hydrogen (secondary N) is 3. The van der Waals surface area contributed by atoms with Gasteiger partial charge in [0.15, 0.2) is 5.52 Å². The van der Waals surface area contributed by atoms with Crippen LogP contribution in [0.4, 0.5) is 19.0 Å². The lowest BCUT2D eigenvalue weighted by molar-refractivity contribution is -0.521. The molecule has 1 fully saturated rings. The zero-order chi connectivity index (χ0) is 20.3. The Balaban J connectivity index is 0.000000279. The number of H-pyrrole nitrogens is 2. The van der Waals surface area contributed by atoms with Gasteiger partial charge in [-0.25, -0.2) is 4.98 Å². The highest BCUT2D eigenvalue weighted by molar-refractivity contribution is 6.06. The number of nitrogens with zero attached hydrogens (tertiary/aromatic N) is 2. The number of carbonyl (C=O) groups is 2. The molecule has 1 amide bonds. The quantitative estimate of drug-likeness (QED) is 0.625. The molecule has 11 heteroatoms. The number of carboxylic acid groups (broad SMARTS) is 1. The lowest BCUT2D eigenvalue weighted by Crippen LogP contribution is -2.37. The molecule has 0 atom stereocenters. The molecule has 0 spiro atoms. The van der Waals surface area contributed by atoms with E-state index in [0.29, 0.717) is 17.4 Å². The summed E-state index contributed by atoms with van der Waals surface area (Å²) in [4.78, 5) is 31.4. The smallest absolute Gasteiger partial charge is 0.430 e. The monoisotopic (exact) mass is 394 g/mol. The minimum atomic E-state index is -5.19. The number of aromatic amines is 2. The Kier molecular flexibility index (Phi) is 5.25. The predicted octanol–water partition coefficient (Wildman–Crippen LogP) is 0.391. The first-order chi connectivity index (χ1) is 13.3. The number of aromatic nitrogens is 4. The van der Waals surface area contributed by atoms with Crippen LogP contribution in [0.2, 0.25) is 0 Å². The summed E-state index contributed by atoms with van der Waals surface area (Å²) in [5.41, 5.74) is 1.46. The second-order valence-corrected chi connectivity index (χ2v) is 6.00. The maximum absolute atomic E-state index is 12.5. The number of aliphatic carboxylic acids is 1. The molecule has 0 bridgehead atoms. The fourth-order valence-electron chi connectivity index (χ4n) is 2.51. The topological polar surface area (TPSA) is 116 Å². The molecular formula is C17H15F3N5O3+. The number of hydrogen-bond acceptors (Lipinski definition) is 4. The summed E-state index contributed by atoms with van der Waals surface area (Å²) in [6, 6.07) is 7.58. The molecule has 3 heterocycles. The first-order valence-corrected chi connectivity index (χ1v) is 8.21. The summed E-state index contributed by atoms with van der Waals surface area (Å²) >= 11 is 0. The van der Waals surface area contributed by atoms with Crippen molar-refractivity contribution in [3.63, 3.8) is 0 Å². The van der Waals surface area contributed by atoms with Crippen molar-refractivity contribution in [1.82, 2.24) is 9.97 Å². The molecular weight excluding hydrogens is 379 g/mol. The Morgan fingerprint density at radius 3 is 2.57 bits per heavy atom. The highest BCUT2D eigenvalue weighted by Gasteiger charge is 2.36. The van der Waals surface area contributed by atoms with Crippen LogP contribution in [-0.2, 0) is 4.79 Å². The molecule has 0 aliphatic heterocycles. The van der Waals surface area contributed by atoms with E-state index < -0.39 is 12.1 Å². The van der Waals surface area contributed by atoms with E-state index in [1.807, 2.05) is 24.4 Å². The Morgan fingerprint density at radius 1 is 1.29 bits per heavy atom. The normalized spacial score (nSPS) is 13.5. The maximum Gasteiger partial charge on any atom is 0.430 e. The molecule has 28 heavy (non-hydrogen) atoms. The summed E-state index contributed by atoms with van der Waals surface area (Å²) in [5, 5.41) is 11.6. The van der Waals surface area contributed by atoms with Crippen molar-refractivity contribution in [2.75, 3.05) is 5.32 Å². The van der Waals surface area contributed by atoms with E-state index in [4.69, 9.17) is 9.90 Å². The zero-order valence-electron chi connectivity index (χ0n) is 14.3. The average molecular weight is 394 g/mol. The fraction of sp³-hybridized carbons (Fsp3) is 0.235. The van der Waals surface area contributed by atoms with E-state index >= 15 is 0 Å². The van der Waals surface area contributed by atoms with Gasteiger partial charge in [-0.2, -0.15) is 17.6 Å². The van der Waals surface area contributed by atoms with Gasteiger partial charge in [0.05, 0.1) is 18.3 Å². The Hall–Kier alpha value is -3.50. The highest BCUT2D eigenvalue weighted by Crippen LogP contribution is 2.38. The molecule has 3 aromatic rings. The summed E-state index contributed by atoms with van der Waals surface area (Å²) in [6.07, 6.45) is 2.40. The molecule has 146 valence electrons. The fourth-order valence-corrected chi connectivity index (χ4v) is 2.51. The number of alkyl halides is 3. The second kappa shape index (κ2) is 7.62. The van der Waals surface area contributed by atoms with Crippen LogP contribution in [0, 0.1) is 0 Å². The average Bonchev–Trinajstić information content (AvgIpc) is 3.42. The molecule has 1 aliphatic rings. The van der Waals surface area contributed by atoms with Crippen LogP contribution in [0.1, 0.15) is 35.1 Å². The summed E-state index contributed by atoms with van der Waals surface area (Å²) in [6.45, 7) is 0. The number of hydrogen-bond donors (Lipinski definition) is 2.